The molecule has 0 bridgehead atoms. The Labute approximate surface area is 132 Å². The molecule has 1 heterocycles. The number of rotatable bonds is 2. The summed E-state index contributed by atoms with van der Waals surface area (Å²) in [5, 5.41) is 10.3. The number of benzene rings is 1. The minimum atomic E-state index is 0.126. The molecule has 21 heavy (non-hydrogen) atoms. The van der Waals surface area contributed by atoms with Crippen molar-refractivity contribution in [3.63, 3.8) is 0 Å². The Morgan fingerprint density at radius 1 is 1.19 bits per heavy atom. The quantitative estimate of drug-likeness (QED) is 0.831. The van der Waals surface area contributed by atoms with Crippen molar-refractivity contribution >= 4 is 29.0 Å². The highest BCUT2D eigenvalue weighted by Crippen LogP contribution is 2.27. The number of carbonyl (C=O) groups excluding carboxylic acids is 1. The number of halogens is 2. The van der Waals surface area contributed by atoms with Crippen LogP contribution in [0.2, 0.25) is 10.0 Å². The summed E-state index contributed by atoms with van der Waals surface area (Å²) in [7, 11) is 0. The molecule has 0 aliphatic heterocycles. The fraction of sp³-hybridized carbons (Fsp3) is 0.250. The van der Waals surface area contributed by atoms with Crippen LogP contribution in [0, 0.1) is 11.3 Å². The summed E-state index contributed by atoms with van der Waals surface area (Å²) < 4.78 is 1.91. The maximum atomic E-state index is 12.0. The highest BCUT2D eigenvalue weighted by molar-refractivity contribution is 6.42. The van der Waals surface area contributed by atoms with Gasteiger partial charge >= 0.3 is 0 Å². The number of hydrogen-bond acceptors (Lipinski definition) is 2. The average Bonchev–Trinajstić information content (AvgIpc) is 2.83. The van der Waals surface area contributed by atoms with Crippen LogP contribution in [-0.2, 0) is 13.0 Å². The van der Waals surface area contributed by atoms with E-state index in [0.717, 1.165) is 24.1 Å². The van der Waals surface area contributed by atoms with Gasteiger partial charge in [0.05, 0.1) is 10.0 Å². The second kappa shape index (κ2) is 5.55. The zero-order valence-electron chi connectivity index (χ0n) is 11.2. The van der Waals surface area contributed by atoms with Crippen molar-refractivity contribution in [3.05, 3.63) is 56.8 Å². The van der Waals surface area contributed by atoms with Gasteiger partial charge in [-0.1, -0.05) is 29.3 Å². The van der Waals surface area contributed by atoms with Gasteiger partial charge in [0.15, 0.2) is 5.78 Å². The molecule has 0 amide bonds. The van der Waals surface area contributed by atoms with Gasteiger partial charge in [-0.25, -0.2) is 0 Å². The monoisotopic (exact) mass is 318 g/mol. The molecule has 0 spiro atoms. The fourth-order valence-electron chi connectivity index (χ4n) is 2.74. The van der Waals surface area contributed by atoms with Gasteiger partial charge in [0.1, 0.15) is 11.8 Å². The summed E-state index contributed by atoms with van der Waals surface area (Å²) in [6.45, 7) is 0.516. The van der Waals surface area contributed by atoms with Gasteiger partial charge in [-0.3, -0.25) is 4.79 Å². The first-order valence-electron chi connectivity index (χ1n) is 6.70. The van der Waals surface area contributed by atoms with Crippen LogP contribution in [0.4, 0.5) is 0 Å². The van der Waals surface area contributed by atoms with Gasteiger partial charge < -0.3 is 4.57 Å². The normalized spacial score (nSPS) is 13.9. The molecule has 0 unspecified atom stereocenters. The van der Waals surface area contributed by atoms with E-state index < -0.39 is 0 Å². The van der Waals surface area contributed by atoms with Crippen LogP contribution >= 0.6 is 23.2 Å². The highest BCUT2D eigenvalue weighted by Gasteiger charge is 2.23. The van der Waals surface area contributed by atoms with Crippen LogP contribution in [0.25, 0.3) is 0 Å². The second-order valence-corrected chi connectivity index (χ2v) is 5.93. The molecule has 106 valence electrons. The zero-order chi connectivity index (χ0) is 15.0. The molecule has 3 nitrogen and oxygen atoms in total. The molecule has 1 aromatic carbocycles. The first-order valence-corrected chi connectivity index (χ1v) is 7.45. The van der Waals surface area contributed by atoms with Crippen LogP contribution in [0.3, 0.4) is 0 Å². The number of nitrogens with zero attached hydrogens (tertiary/aromatic N) is 2. The van der Waals surface area contributed by atoms with Gasteiger partial charge in [0, 0.05) is 24.2 Å². The summed E-state index contributed by atoms with van der Waals surface area (Å²) in [6.07, 6.45) is 2.22. The number of nitriles is 1. The SMILES string of the molecule is N#Cc1cc2c(n1Cc1ccc(Cl)c(Cl)c1)CCCC2=O. The predicted molar refractivity (Wildman–Crippen MR) is 82.0 cm³/mol. The molecular formula is C16H12Cl2N2O. The number of fused-ring (bicyclic) bond motifs is 1. The van der Waals surface area contributed by atoms with E-state index in [4.69, 9.17) is 23.2 Å². The number of hydrogen-bond donors (Lipinski definition) is 0. The fourth-order valence-corrected chi connectivity index (χ4v) is 3.07. The first kappa shape index (κ1) is 14.2. The third-order valence-electron chi connectivity index (χ3n) is 3.77. The van der Waals surface area contributed by atoms with Gasteiger partial charge in [-0.15, -0.1) is 0 Å². The van der Waals surface area contributed by atoms with Crippen LogP contribution in [0.1, 0.15) is 40.2 Å². The van der Waals surface area contributed by atoms with E-state index in [9.17, 15) is 10.1 Å². The minimum absolute atomic E-state index is 0.126. The van der Waals surface area contributed by atoms with Crippen molar-refractivity contribution in [2.75, 3.05) is 0 Å². The molecule has 1 aromatic heterocycles. The summed E-state index contributed by atoms with van der Waals surface area (Å²) in [4.78, 5) is 12.0. The van der Waals surface area contributed by atoms with Crippen LogP contribution in [0.5, 0.6) is 0 Å². The van der Waals surface area contributed by atoms with E-state index in [2.05, 4.69) is 6.07 Å². The lowest BCUT2D eigenvalue weighted by atomic mass is 9.96. The molecule has 1 aliphatic rings. The molecule has 2 aromatic rings. The Bertz CT molecular complexity index is 771. The third kappa shape index (κ3) is 2.57. The summed E-state index contributed by atoms with van der Waals surface area (Å²) >= 11 is 12.0. The molecule has 0 saturated carbocycles. The number of carbonyl (C=O) groups is 1. The van der Waals surface area contributed by atoms with Gasteiger partial charge in [-0.05, 0) is 36.6 Å². The smallest absolute Gasteiger partial charge is 0.164 e. The van der Waals surface area contributed by atoms with Crippen molar-refractivity contribution in [2.24, 2.45) is 0 Å². The van der Waals surface area contributed by atoms with E-state index in [1.54, 1.807) is 18.2 Å². The van der Waals surface area contributed by atoms with Crippen molar-refractivity contribution in [3.8, 4) is 6.07 Å². The molecule has 5 heteroatoms. The number of Topliss-reactive ketones (excluding diaryl/α,β-unsaturated/α-hetero) is 1. The molecule has 0 N–H and O–H groups in total. The number of aromatic nitrogens is 1. The van der Waals surface area contributed by atoms with Crippen LogP contribution in [-0.4, -0.2) is 10.4 Å². The summed E-state index contributed by atoms with van der Waals surface area (Å²) in [6, 6.07) is 9.29. The zero-order valence-corrected chi connectivity index (χ0v) is 12.7. The lowest BCUT2D eigenvalue weighted by Crippen LogP contribution is -2.14. The van der Waals surface area contributed by atoms with Gasteiger partial charge in [0.25, 0.3) is 0 Å². The van der Waals surface area contributed by atoms with Gasteiger partial charge in [-0.2, -0.15) is 5.26 Å². The first-order chi connectivity index (χ1) is 10.1. The van der Waals surface area contributed by atoms with Crippen LogP contribution in [0.15, 0.2) is 24.3 Å². The van der Waals surface area contributed by atoms with E-state index in [0.29, 0.717) is 34.3 Å². The van der Waals surface area contributed by atoms with Crippen molar-refractivity contribution in [1.29, 1.82) is 5.26 Å². The Morgan fingerprint density at radius 3 is 2.71 bits per heavy atom. The number of ketones is 1. The predicted octanol–water partition coefficient (Wildman–Crippen LogP) is 4.23. The van der Waals surface area contributed by atoms with E-state index in [-0.39, 0.29) is 5.78 Å². The molecule has 0 radical (unpaired) electrons. The largest absolute Gasteiger partial charge is 0.331 e. The van der Waals surface area contributed by atoms with E-state index in [1.807, 2.05) is 10.6 Å². The highest BCUT2D eigenvalue weighted by atomic mass is 35.5. The van der Waals surface area contributed by atoms with Gasteiger partial charge in [0.2, 0.25) is 0 Å². The molecular weight excluding hydrogens is 307 g/mol. The third-order valence-corrected chi connectivity index (χ3v) is 4.50. The summed E-state index contributed by atoms with van der Waals surface area (Å²) in [5.41, 5.74) is 3.12. The second-order valence-electron chi connectivity index (χ2n) is 5.11. The van der Waals surface area contributed by atoms with E-state index in [1.165, 1.54) is 0 Å². The molecule has 0 saturated heterocycles. The topological polar surface area (TPSA) is 45.8 Å². The van der Waals surface area contributed by atoms with Crippen molar-refractivity contribution < 1.29 is 4.79 Å². The van der Waals surface area contributed by atoms with Crippen molar-refractivity contribution in [1.82, 2.24) is 4.57 Å². The Morgan fingerprint density at radius 2 is 2.00 bits per heavy atom. The maximum Gasteiger partial charge on any atom is 0.164 e. The molecule has 3 rings (SSSR count). The lowest BCUT2D eigenvalue weighted by molar-refractivity contribution is 0.0972. The van der Waals surface area contributed by atoms with Crippen molar-refractivity contribution in [2.45, 2.75) is 25.8 Å². The lowest BCUT2D eigenvalue weighted by Gasteiger charge is -2.15. The summed E-state index contributed by atoms with van der Waals surface area (Å²) in [5.74, 6) is 0.126. The Hall–Kier alpha value is -1.76. The molecule has 1 aliphatic carbocycles. The Kier molecular flexibility index (Phi) is 3.75. The Balaban J connectivity index is 2.04. The van der Waals surface area contributed by atoms with E-state index >= 15 is 0 Å². The molecule has 0 fully saturated rings. The standard InChI is InChI=1S/C16H12Cl2N2O/c17-13-5-4-10(6-14(13)18)9-20-11(8-19)7-12-15(20)2-1-3-16(12)21/h4-7H,1-3,9H2. The average molecular weight is 319 g/mol. The minimum Gasteiger partial charge on any atom is -0.331 e. The maximum absolute atomic E-state index is 12.0. The van der Waals surface area contributed by atoms with Crippen LogP contribution < -0.4 is 0 Å². The molecule has 0 atom stereocenters.